The van der Waals surface area contributed by atoms with Crippen LogP contribution in [0.1, 0.15) is 20.9 Å². The number of hydrogen-bond acceptors (Lipinski definition) is 3. The molecule has 5 nitrogen and oxygen atoms in total. The van der Waals surface area contributed by atoms with Gasteiger partial charge < -0.3 is 15.1 Å². The first-order valence-corrected chi connectivity index (χ1v) is 7.47. The van der Waals surface area contributed by atoms with Crippen molar-refractivity contribution in [3.63, 3.8) is 0 Å². The molecule has 120 valence electrons. The fraction of sp³-hybridized carbons (Fsp3) is 0.0526. The molecule has 0 saturated carbocycles. The number of carbonyl (C=O) groups excluding carboxylic acids is 2. The van der Waals surface area contributed by atoms with Gasteiger partial charge in [0, 0.05) is 11.9 Å². The molecule has 2 aromatic carbocycles. The van der Waals surface area contributed by atoms with E-state index in [1.54, 1.807) is 42.5 Å². The van der Waals surface area contributed by atoms with Gasteiger partial charge in [0.1, 0.15) is 5.58 Å². The number of para-hydroxylation sites is 2. The third kappa shape index (κ3) is 3.20. The Morgan fingerprint density at radius 1 is 1.04 bits per heavy atom. The van der Waals surface area contributed by atoms with E-state index in [0.29, 0.717) is 23.4 Å². The van der Waals surface area contributed by atoms with E-state index in [9.17, 15) is 9.59 Å². The van der Waals surface area contributed by atoms with Gasteiger partial charge in [0.15, 0.2) is 5.76 Å². The fourth-order valence-corrected chi connectivity index (χ4v) is 2.33. The quantitative estimate of drug-likeness (QED) is 0.706. The molecule has 0 fully saturated rings. The lowest BCUT2D eigenvalue weighted by molar-refractivity contribution is 0.0959. The summed E-state index contributed by atoms with van der Waals surface area (Å²) < 4.78 is 5.54. The van der Waals surface area contributed by atoms with Crippen LogP contribution in [0.15, 0.2) is 71.7 Å². The summed E-state index contributed by atoms with van der Waals surface area (Å²) in [4.78, 5) is 24.6. The molecule has 0 spiro atoms. The van der Waals surface area contributed by atoms with Crippen LogP contribution in [0.3, 0.4) is 0 Å². The van der Waals surface area contributed by atoms with E-state index in [0.717, 1.165) is 5.39 Å². The molecular formula is C19H16N2O3. The Bertz CT molecular complexity index is 879. The highest BCUT2D eigenvalue weighted by Gasteiger charge is 2.16. The van der Waals surface area contributed by atoms with Crippen LogP contribution in [0.5, 0.6) is 0 Å². The van der Waals surface area contributed by atoms with Crippen molar-refractivity contribution in [2.24, 2.45) is 0 Å². The van der Waals surface area contributed by atoms with Crippen LogP contribution < -0.4 is 10.6 Å². The third-order valence-electron chi connectivity index (χ3n) is 3.48. The molecule has 0 unspecified atom stereocenters. The van der Waals surface area contributed by atoms with Crippen LogP contribution in [0.2, 0.25) is 0 Å². The number of nitrogens with one attached hydrogen (secondary N) is 2. The van der Waals surface area contributed by atoms with E-state index in [-0.39, 0.29) is 11.7 Å². The van der Waals surface area contributed by atoms with Gasteiger partial charge in [-0.3, -0.25) is 9.59 Å². The molecule has 1 heterocycles. The van der Waals surface area contributed by atoms with Crippen LogP contribution in [-0.4, -0.2) is 18.4 Å². The summed E-state index contributed by atoms with van der Waals surface area (Å²) in [6, 6.07) is 15.8. The summed E-state index contributed by atoms with van der Waals surface area (Å²) in [5.74, 6) is -0.497. The molecule has 0 aliphatic heterocycles. The molecule has 0 bridgehead atoms. The number of fused-ring (bicyclic) bond motifs is 1. The average molecular weight is 320 g/mol. The highest BCUT2D eigenvalue weighted by atomic mass is 16.3. The molecule has 1 aromatic heterocycles. The molecule has 2 N–H and O–H groups in total. The molecule has 0 aliphatic carbocycles. The van der Waals surface area contributed by atoms with E-state index >= 15 is 0 Å². The number of rotatable bonds is 5. The zero-order chi connectivity index (χ0) is 16.9. The van der Waals surface area contributed by atoms with Gasteiger partial charge in [-0.1, -0.05) is 36.4 Å². The van der Waals surface area contributed by atoms with E-state index < -0.39 is 5.91 Å². The summed E-state index contributed by atoms with van der Waals surface area (Å²) in [6.07, 6.45) is 1.59. The van der Waals surface area contributed by atoms with Crippen molar-refractivity contribution in [3.8, 4) is 0 Å². The number of hydrogen-bond donors (Lipinski definition) is 2. The Kier molecular flexibility index (Phi) is 4.43. The number of amides is 2. The highest BCUT2D eigenvalue weighted by molar-refractivity contribution is 6.09. The molecular weight excluding hydrogens is 304 g/mol. The minimum absolute atomic E-state index is 0.192. The van der Waals surface area contributed by atoms with Gasteiger partial charge in [-0.05, 0) is 24.3 Å². The van der Waals surface area contributed by atoms with Crippen LogP contribution in [-0.2, 0) is 0 Å². The second-order valence-corrected chi connectivity index (χ2v) is 5.15. The maximum Gasteiger partial charge on any atom is 0.291 e. The van der Waals surface area contributed by atoms with Crippen molar-refractivity contribution in [1.82, 2.24) is 5.32 Å². The first kappa shape index (κ1) is 15.6. The molecule has 3 rings (SSSR count). The maximum absolute atomic E-state index is 12.4. The first-order chi connectivity index (χ1) is 11.7. The van der Waals surface area contributed by atoms with Crippen LogP contribution in [0.4, 0.5) is 5.69 Å². The van der Waals surface area contributed by atoms with Gasteiger partial charge in [0.25, 0.3) is 11.8 Å². The van der Waals surface area contributed by atoms with Crippen molar-refractivity contribution in [2.75, 3.05) is 11.9 Å². The monoisotopic (exact) mass is 320 g/mol. The maximum atomic E-state index is 12.4. The van der Waals surface area contributed by atoms with Crippen molar-refractivity contribution < 1.29 is 14.0 Å². The number of carbonyl (C=O) groups is 2. The van der Waals surface area contributed by atoms with Crippen molar-refractivity contribution in [3.05, 3.63) is 78.6 Å². The van der Waals surface area contributed by atoms with E-state index in [1.165, 1.54) is 0 Å². The third-order valence-corrected chi connectivity index (χ3v) is 3.48. The predicted molar refractivity (Wildman–Crippen MR) is 93.1 cm³/mol. The average Bonchev–Trinajstić information content (AvgIpc) is 3.04. The molecule has 0 atom stereocenters. The lowest BCUT2D eigenvalue weighted by atomic mass is 10.1. The SMILES string of the molecule is C=CCNC(=O)c1ccccc1NC(=O)c1cc2ccccc2o1. The normalized spacial score (nSPS) is 10.3. The largest absolute Gasteiger partial charge is 0.451 e. The van der Waals surface area contributed by atoms with Crippen molar-refractivity contribution in [1.29, 1.82) is 0 Å². The van der Waals surface area contributed by atoms with Gasteiger partial charge in [-0.15, -0.1) is 6.58 Å². The van der Waals surface area contributed by atoms with Gasteiger partial charge in [0.05, 0.1) is 11.3 Å². The Balaban J connectivity index is 1.84. The first-order valence-electron chi connectivity index (χ1n) is 7.47. The van der Waals surface area contributed by atoms with Crippen molar-refractivity contribution >= 4 is 28.5 Å². The molecule has 0 radical (unpaired) electrons. The molecule has 0 aliphatic rings. The summed E-state index contributed by atoms with van der Waals surface area (Å²) in [5, 5.41) is 6.26. The fourth-order valence-electron chi connectivity index (χ4n) is 2.33. The smallest absolute Gasteiger partial charge is 0.291 e. The topological polar surface area (TPSA) is 71.3 Å². The Hall–Kier alpha value is -3.34. The lowest BCUT2D eigenvalue weighted by Crippen LogP contribution is -2.25. The van der Waals surface area contributed by atoms with Crippen LogP contribution >= 0.6 is 0 Å². The molecule has 24 heavy (non-hydrogen) atoms. The van der Waals surface area contributed by atoms with E-state index in [4.69, 9.17) is 4.42 Å². The summed E-state index contributed by atoms with van der Waals surface area (Å²) in [7, 11) is 0. The Morgan fingerprint density at radius 2 is 1.79 bits per heavy atom. The Morgan fingerprint density at radius 3 is 2.58 bits per heavy atom. The summed E-state index contributed by atoms with van der Waals surface area (Å²) in [6.45, 7) is 3.91. The van der Waals surface area contributed by atoms with Gasteiger partial charge in [-0.25, -0.2) is 0 Å². The van der Waals surface area contributed by atoms with Gasteiger partial charge in [0.2, 0.25) is 0 Å². The standard InChI is InChI=1S/C19H16N2O3/c1-2-11-20-18(22)14-8-4-5-9-15(14)21-19(23)17-12-13-7-3-6-10-16(13)24-17/h2-10,12H,1,11H2,(H,20,22)(H,21,23). The zero-order valence-electron chi connectivity index (χ0n) is 12.9. The number of benzene rings is 2. The van der Waals surface area contributed by atoms with E-state index in [2.05, 4.69) is 17.2 Å². The molecule has 3 aromatic rings. The van der Waals surface area contributed by atoms with Crippen molar-refractivity contribution in [2.45, 2.75) is 0 Å². The molecule has 5 heteroatoms. The minimum atomic E-state index is -0.407. The molecule has 2 amide bonds. The summed E-state index contributed by atoms with van der Waals surface area (Å²) in [5.41, 5.74) is 1.44. The number of anilines is 1. The number of furan rings is 1. The van der Waals surface area contributed by atoms with E-state index in [1.807, 2.05) is 18.2 Å². The second-order valence-electron chi connectivity index (χ2n) is 5.15. The Labute approximate surface area is 139 Å². The summed E-state index contributed by atoms with van der Waals surface area (Å²) >= 11 is 0. The highest BCUT2D eigenvalue weighted by Crippen LogP contribution is 2.21. The van der Waals surface area contributed by atoms with Crippen LogP contribution in [0, 0.1) is 0 Å². The van der Waals surface area contributed by atoms with Gasteiger partial charge in [-0.2, -0.15) is 0 Å². The lowest BCUT2D eigenvalue weighted by Gasteiger charge is -2.09. The second kappa shape index (κ2) is 6.83. The van der Waals surface area contributed by atoms with Gasteiger partial charge >= 0.3 is 0 Å². The minimum Gasteiger partial charge on any atom is -0.451 e. The molecule has 0 saturated heterocycles. The zero-order valence-corrected chi connectivity index (χ0v) is 12.9. The predicted octanol–water partition coefficient (Wildman–Crippen LogP) is 3.60. The van der Waals surface area contributed by atoms with Crippen LogP contribution in [0.25, 0.3) is 11.0 Å².